The van der Waals surface area contributed by atoms with Gasteiger partial charge in [-0.2, -0.15) is 4.31 Å². The first-order valence-electron chi connectivity index (χ1n) is 9.56. The van der Waals surface area contributed by atoms with Crippen LogP contribution < -0.4 is 10.1 Å². The Kier molecular flexibility index (Phi) is 8.55. The third-order valence-corrected chi connectivity index (χ3v) is 7.23. The number of nitrogens with zero attached hydrogens (tertiary/aromatic N) is 1. The molecular weight excluding hydrogens is 408 g/mol. The molecule has 2 aromatic rings. The van der Waals surface area contributed by atoms with Crippen LogP contribution in [0.4, 0.5) is 5.69 Å². The number of ether oxygens (including phenoxy) is 1. The van der Waals surface area contributed by atoms with E-state index in [0.29, 0.717) is 35.5 Å². The molecule has 0 aromatic heterocycles. The van der Waals surface area contributed by atoms with E-state index in [1.807, 2.05) is 32.0 Å². The van der Waals surface area contributed by atoms with Crippen LogP contribution in [0.25, 0.3) is 0 Å². The van der Waals surface area contributed by atoms with Crippen LogP contribution in [0, 0.1) is 0 Å². The van der Waals surface area contributed by atoms with Gasteiger partial charge in [0.25, 0.3) is 0 Å². The topological polar surface area (TPSA) is 75.7 Å². The zero-order valence-electron chi connectivity index (χ0n) is 17.2. The van der Waals surface area contributed by atoms with Crippen LogP contribution in [0.1, 0.15) is 27.7 Å². The molecule has 29 heavy (non-hydrogen) atoms. The molecule has 0 unspecified atom stereocenters. The predicted molar refractivity (Wildman–Crippen MR) is 119 cm³/mol. The molecule has 1 amide bonds. The van der Waals surface area contributed by atoms with Crippen molar-refractivity contribution in [1.29, 1.82) is 0 Å². The van der Waals surface area contributed by atoms with E-state index in [0.717, 1.165) is 0 Å². The third kappa shape index (κ3) is 6.48. The van der Waals surface area contributed by atoms with E-state index in [1.165, 1.54) is 28.2 Å². The number of para-hydroxylation sites is 1. The smallest absolute Gasteiger partial charge is 0.243 e. The molecule has 0 aliphatic carbocycles. The number of carbonyl (C=O) groups excluding carboxylic acids is 1. The number of hydrogen-bond acceptors (Lipinski definition) is 5. The molecule has 0 saturated carbocycles. The Hall–Kier alpha value is -2.03. The maximum Gasteiger partial charge on any atom is 0.243 e. The lowest BCUT2D eigenvalue weighted by atomic mass is 10.2. The van der Waals surface area contributed by atoms with E-state index in [1.54, 1.807) is 32.0 Å². The Morgan fingerprint density at radius 3 is 2.34 bits per heavy atom. The summed E-state index contributed by atoms with van der Waals surface area (Å²) in [5.74, 6) is 1.05. The summed E-state index contributed by atoms with van der Waals surface area (Å²) in [6.45, 7) is 8.35. The number of amides is 1. The Morgan fingerprint density at radius 2 is 1.76 bits per heavy atom. The van der Waals surface area contributed by atoms with Gasteiger partial charge in [-0.05, 0) is 35.6 Å². The highest BCUT2D eigenvalue weighted by Gasteiger charge is 2.23. The summed E-state index contributed by atoms with van der Waals surface area (Å²) in [6.07, 6.45) is 0. The fourth-order valence-electron chi connectivity index (χ4n) is 2.61. The van der Waals surface area contributed by atoms with Gasteiger partial charge in [-0.15, -0.1) is 11.8 Å². The fourth-order valence-corrected chi connectivity index (χ4v) is 4.65. The maximum atomic E-state index is 12.9. The lowest BCUT2D eigenvalue weighted by molar-refractivity contribution is -0.113. The van der Waals surface area contributed by atoms with Gasteiger partial charge in [-0.25, -0.2) is 8.42 Å². The van der Waals surface area contributed by atoms with Gasteiger partial charge in [-0.3, -0.25) is 4.79 Å². The standard InChI is InChI=1S/C21H28N2O4S2/c1-5-23(6-2)29(25,26)18-12-13-20(27-17-10-8-7-9-11-17)19(14-18)22-21(24)15-28-16(3)4/h7-14,16H,5-6,15H2,1-4H3,(H,22,24). The van der Waals surface area contributed by atoms with Crippen LogP contribution in [0.2, 0.25) is 0 Å². The van der Waals surface area contributed by atoms with Crippen molar-refractivity contribution >= 4 is 33.4 Å². The molecule has 1 N–H and O–H groups in total. The number of carbonyl (C=O) groups is 1. The van der Waals surface area contributed by atoms with E-state index >= 15 is 0 Å². The predicted octanol–water partition coefficient (Wildman–Crippen LogP) is 4.59. The van der Waals surface area contributed by atoms with Crippen LogP contribution in [0.5, 0.6) is 11.5 Å². The minimum Gasteiger partial charge on any atom is -0.455 e. The highest BCUT2D eigenvalue weighted by Crippen LogP contribution is 2.33. The van der Waals surface area contributed by atoms with E-state index in [4.69, 9.17) is 4.74 Å². The maximum absolute atomic E-state index is 12.9. The zero-order chi connectivity index (χ0) is 21.4. The minimum absolute atomic E-state index is 0.119. The second-order valence-electron chi connectivity index (χ2n) is 6.57. The summed E-state index contributed by atoms with van der Waals surface area (Å²) >= 11 is 1.51. The van der Waals surface area contributed by atoms with Crippen molar-refractivity contribution in [1.82, 2.24) is 4.31 Å². The Balaban J connectivity index is 2.39. The molecule has 158 valence electrons. The molecule has 6 nitrogen and oxygen atoms in total. The van der Waals surface area contributed by atoms with Crippen molar-refractivity contribution in [3.63, 3.8) is 0 Å². The largest absolute Gasteiger partial charge is 0.455 e. The minimum atomic E-state index is -3.65. The molecule has 0 saturated heterocycles. The zero-order valence-corrected chi connectivity index (χ0v) is 18.8. The van der Waals surface area contributed by atoms with Gasteiger partial charge >= 0.3 is 0 Å². The summed E-state index contributed by atoms with van der Waals surface area (Å²) in [5.41, 5.74) is 0.330. The number of thioether (sulfide) groups is 1. The average molecular weight is 437 g/mol. The number of rotatable bonds is 10. The van der Waals surface area contributed by atoms with Gasteiger partial charge < -0.3 is 10.1 Å². The second-order valence-corrected chi connectivity index (χ2v) is 10.1. The number of benzene rings is 2. The van der Waals surface area contributed by atoms with E-state index < -0.39 is 10.0 Å². The molecule has 2 rings (SSSR count). The van der Waals surface area contributed by atoms with E-state index in [9.17, 15) is 13.2 Å². The van der Waals surface area contributed by atoms with Crippen molar-refractivity contribution in [3.8, 4) is 11.5 Å². The first-order valence-corrected chi connectivity index (χ1v) is 12.0. The number of nitrogens with one attached hydrogen (secondary N) is 1. The van der Waals surface area contributed by atoms with Crippen LogP contribution in [-0.2, 0) is 14.8 Å². The lowest BCUT2D eigenvalue weighted by Gasteiger charge is -2.20. The van der Waals surface area contributed by atoms with Gasteiger partial charge in [-0.1, -0.05) is 45.9 Å². The molecule has 0 aliphatic rings. The summed E-state index contributed by atoms with van der Waals surface area (Å²) < 4.78 is 33.0. The molecule has 0 atom stereocenters. The average Bonchev–Trinajstić information content (AvgIpc) is 2.69. The van der Waals surface area contributed by atoms with Gasteiger partial charge in [0.15, 0.2) is 5.75 Å². The molecule has 0 spiro atoms. The van der Waals surface area contributed by atoms with Crippen molar-refractivity contribution in [2.45, 2.75) is 37.8 Å². The third-order valence-electron chi connectivity index (χ3n) is 4.09. The summed E-state index contributed by atoms with van der Waals surface area (Å²) in [4.78, 5) is 12.5. The molecule has 0 bridgehead atoms. The van der Waals surface area contributed by atoms with Crippen LogP contribution in [0.15, 0.2) is 53.4 Å². The van der Waals surface area contributed by atoms with Crippen LogP contribution in [-0.4, -0.2) is 42.7 Å². The summed E-state index contributed by atoms with van der Waals surface area (Å²) in [6, 6.07) is 13.7. The van der Waals surface area contributed by atoms with Crippen molar-refractivity contribution in [3.05, 3.63) is 48.5 Å². The van der Waals surface area contributed by atoms with Crippen molar-refractivity contribution in [2.75, 3.05) is 24.2 Å². The van der Waals surface area contributed by atoms with Gasteiger partial charge in [0, 0.05) is 13.1 Å². The number of sulfonamides is 1. The molecule has 0 heterocycles. The Morgan fingerprint density at radius 1 is 1.10 bits per heavy atom. The Labute approximate surface area is 177 Å². The van der Waals surface area contributed by atoms with Gasteiger partial charge in [0.2, 0.25) is 15.9 Å². The monoisotopic (exact) mass is 436 g/mol. The van der Waals surface area contributed by atoms with E-state index in [2.05, 4.69) is 5.32 Å². The Bertz CT molecular complexity index is 912. The molecule has 2 aromatic carbocycles. The van der Waals surface area contributed by atoms with Crippen LogP contribution >= 0.6 is 11.8 Å². The highest BCUT2D eigenvalue weighted by atomic mass is 32.2. The summed E-state index contributed by atoms with van der Waals surface area (Å²) in [7, 11) is -3.65. The van der Waals surface area contributed by atoms with E-state index in [-0.39, 0.29) is 16.6 Å². The summed E-state index contributed by atoms with van der Waals surface area (Å²) in [5, 5.41) is 3.12. The van der Waals surface area contributed by atoms with Gasteiger partial charge in [0.1, 0.15) is 5.75 Å². The second kappa shape index (κ2) is 10.7. The molecule has 8 heteroatoms. The van der Waals surface area contributed by atoms with Crippen molar-refractivity contribution < 1.29 is 17.9 Å². The first kappa shape index (κ1) is 23.3. The van der Waals surface area contributed by atoms with Crippen LogP contribution in [0.3, 0.4) is 0 Å². The molecule has 0 radical (unpaired) electrons. The quantitative estimate of drug-likeness (QED) is 0.590. The highest BCUT2D eigenvalue weighted by molar-refractivity contribution is 8.00. The number of hydrogen-bond donors (Lipinski definition) is 1. The fraction of sp³-hybridized carbons (Fsp3) is 0.381. The number of anilines is 1. The molecular formula is C21H28N2O4S2. The first-order chi connectivity index (χ1) is 13.8. The van der Waals surface area contributed by atoms with Crippen molar-refractivity contribution in [2.24, 2.45) is 0 Å². The molecule has 0 fully saturated rings. The normalized spacial score (nSPS) is 11.7. The molecule has 0 aliphatic heterocycles. The lowest BCUT2D eigenvalue weighted by Crippen LogP contribution is -2.30. The SMILES string of the molecule is CCN(CC)S(=O)(=O)c1ccc(Oc2ccccc2)c(NC(=O)CSC(C)C)c1. The van der Waals surface area contributed by atoms with Gasteiger partial charge in [0.05, 0.1) is 16.3 Å².